The highest BCUT2D eigenvalue weighted by Crippen LogP contribution is 2.44. The van der Waals surface area contributed by atoms with E-state index in [0.29, 0.717) is 13.2 Å². The number of aliphatic hydroxyl groups is 1. The number of rotatable bonds is 9. The van der Waals surface area contributed by atoms with Crippen LogP contribution in [-0.4, -0.2) is 83.6 Å². The molecular formula is C22H42O8Si. The Labute approximate surface area is 188 Å². The topological polar surface area (TPSA) is 84.8 Å². The van der Waals surface area contributed by atoms with Gasteiger partial charge in [0, 0.05) is 20.8 Å². The second-order valence-corrected chi connectivity index (χ2v) is 14.8. The van der Waals surface area contributed by atoms with Crippen LogP contribution >= 0.6 is 0 Å². The fourth-order valence-electron chi connectivity index (χ4n) is 3.47. The third-order valence-electron chi connectivity index (χ3n) is 6.98. The van der Waals surface area contributed by atoms with Crippen molar-refractivity contribution in [2.24, 2.45) is 0 Å². The third kappa shape index (κ3) is 5.42. The van der Waals surface area contributed by atoms with E-state index >= 15 is 0 Å². The van der Waals surface area contributed by atoms with Crippen molar-refractivity contribution in [1.29, 1.82) is 0 Å². The number of methoxy groups -OCH3 is 2. The maximum atomic E-state index is 10.9. The van der Waals surface area contributed by atoms with Gasteiger partial charge in [-0.25, -0.2) is 0 Å². The first-order valence-electron chi connectivity index (χ1n) is 10.9. The van der Waals surface area contributed by atoms with Crippen molar-refractivity contribution < 1.29 is 38.0 Å². The molecule has 1 saturated heterocycles. The maximum Gasteiger partial charge on any atom is 0.220 e. The molecule has 0 spiro atoms. The lowest BCUT2D eigenvalue weighted by atomic mass is 9.87. The van der Waals surface area contributed by atoms with Crippen LogP contribution in [0.15, 0.2) is 11.6 Å². The normalized spacial score (nSPS) is 36.8. The minimum Gasteiger partial charge on any atom is -0.413 e. The van der Waals surface area contributed by atoms with Gasteiger partial charge in [-0.3, -0.25) is 0 Å². The van der Waals surface area contributed by atoms with Crippen LogP contribution < -0.4 is 0 Å². The third-order valence-corrected chi connectivity index (χ3v) is 11.5. The highest BCUT2D eigenvalue weighted by Gasteiger charge is 2.60. The maximum absolute atomic E-state index is 10.9. The molecule has 2 aliphatic rings. The molecule has 2 rings (SSSR count). The molecule has 0 unspecified atom stereocenters. The van der Waals surface area contributed by atoms with Gasteiger partial charge in [0.25, 0.3) is 0 Å². The molecule has 1 N–H and O–H groups in total. The molecule has 1 aliphatic carbocycles. The van der Waals surface area contributed by atoms with Crippen molar-refractivity contribution in [2.75, 3.05) is 34.2 Å². The van der Waals surface area contributed by atoms with Gasteiger partial charge in [-0.15, -0.1) is 0 Å². The average Bonchev–Trinajstić information content (AvgIpc) is 2.69. The van der Waals surface area contributed by atoms with Gasteiger partial charge in [-0.05, 0) is 50.6 Å². The standard InChI is InChI=1S/C22H42O8Si/c1-11-26-14-27-17-15(13-28-31(9,10)20(2,3)4)12-16(23)18-19(17)30-22(6,25-8)21(5,24-7)29-18/h12,16-19,23H,11,13-14H2,1-10H3/t16-,17+,18-,19-,21+,22+/m0/s1. The SMILES string of the molecule is CCOCO[C@@H]1C(CO[Si](C)(C)C(C)(C)C)=C[C@H](O)[C@@H]2O[C@@](C)(OC)[C@](C)(OC)O[C@H]21. The largest absolute Gasteiger partial charge is 0.413 e. The Morgan fingerprint density at radius 1 is 1.06 bits per heavy atom. The van der Waals surface area contributed by atoms with E-state index in [2.05, 4.69) is 33.9 Å². The highest BCUT2D eigenvalue weighted by atomic mass is 28.4. The molecule has 31 heavy (non-hydrogen) atoms. The van der Waals surface area contributed by atoms with Gasteiger partial charge in [-0.2, -0.15) is 0 Å². The fraction of sp³-hybridized carbons (Fsp3) is 0.909. The van der Waals surface area contributed by atoms with E-state index in [0.717, 1.165) is 5.57 Å². The number of hydrogen-bond donors (Lipinski definition) is 1. The van der Waals surface area contributed by atoms with Crippen LogP contribution in [0, 0.1) is 0 Å². The lowest BCUT2D eigenvalue weighted by Gasteiger charge is -2.55. The predicted molar refractivity (Wildman–Crippen MR) is 119 cm³/mol. The monoisotopic (exact) mass is 462 g/mol. The quantitative estimate of drug-likeness (QED) is 0.242. The van der Waals surface area contributed by atoms with E-state index in [-0.39, 0.29) is 11.8 Å². The van der Waals surface area contributed by atoms with E-state index in [1.165, 1.54) is 14.2 Å². The summed E-state index contributed by atoms with van der Waals surface area (Å²) in [5, 5.41) is 11.0. The van der Waals surface area contributed by atoms with Gasteiger partial charge >= 0.3 is 0 Å². The summed E-state index contributed by atoms with van der Waals surface area (Å²) in [5.74, 6) is -2.42. The van der Waals surface area contributed by atoms with Gasteiger partial charge in [0.05, 0.1) is 6.61 Å². The molecule has 0 bridgehead atoms. The van der Waals surface area contributed by atoms with Crippen molar-refractivity contribution >= 4 is 8.32 Å². The summed E-state index contributed by atoms with van der Waals surface area (Å²) in [6.45, 7) is 17.3. The van der Waals surface area contributed by atoms with Crippen LogP contribution in [0.2, 0.25) is 18.1 Å². The Hall–Kier alpha value is -0.363. The van der Waals surface area contributed by atoms with Crippen LogP contribution in [0.5, 0.6) is 0 Å². The molecule has 0 aromatic rings. The van der Waals surface area contributed by atoms with E-state index in [4.69, 9.17) is 32.8 Å². The van der Waals surface area contributed by atoms with E-state index in [1.807, 2.05) is 6.92 Å². The smallest absolute Gasteiger partial charge is 0.220 e. The molecule has 8 nitrogen and oxygen atoms in total. The van der Waals surface area contributed by atoms with E-state index in [1.54, 1.807) is 19.9 Å². The Morgan fingerprint density at radius 3 is 2.10 bits per heavy atom. The molecule has 0 amide bonds. The summed E-state index contributed by atoms with van der Waals surface area (Å²) in [6, 6.07) is 0. The second kappa shape index (κ2) is 9.86. The van der Waals surface area contributed by atoms with Crippen molar-refractivity contribution in [3.05, 3.63) is 11.6 Å². The Kier molecular flexibility index (Phi) is 8.56. The van der Waals surface area contributed by atoms with Crippen molar-refractivity contribution in [1.82, 2.24) is 0 Å². The molecule has 182 valence electrons. The first kappa shape index (κ1) is 26.9. The second-order valence-electron chi connectivity index (χ2n) is 9.94. The van der Waals surface area contributed by atoms with E-state index < -0.39 is 44.3 Å². The van der Waals surface area contributed by atoms with Gasteiger partial charge < -0.3 is 38.0 Å². The van der Waals surface area contributed by atoms with Gasteiger partial charge in [0.2, 0.25) is 11.6 Å². The average molecular weight is 463 g/mol. The van der Waals surface area contributed by atoms with Crippen LogP contribution in [0.25, 0.3) is 0 Å². The Balaban J connectivity index is 2.35. The van der Waals surface area contributed by atoms with Gasteiger partial charge in [0.15, 0.2) is 8.32 Å². The molecule has 6 atom stereocenters. The molecule has 1 aliphatic heterocycles. The van der Waals surface area contributed by atoms with Crippen molar-refractivity contribution in [3.63, 3.8) is 0 Å². The molecule has 0 saturated carbocycles. The molecule has 9 heteroatoms. The van der Waals surface area contributed by atoms with Crippen LogP contribution in [0.1, 0.15) is 41.5 Å². The van der Waals surface area contributed by atoms with Crippen LogP contribution in [0.4, 0.5) is 0 Å². The summed E-state index contributed by atoms with van der Waals surface area (Å²) < 4.78 is 41.8. The van der Waals surface area contributed by atoms with Crippen molar-refractivity contribution in [3.8, 4) is 0 Å². The lowest BCUT2D eigenvalue weighted by molar-refractivity contribution is -0.460. The van der Waals surface area contributed by atoms with Gasteiger partial charge in [-0.1, -0.05) is 20.8 Å². The molecule has 0 radical (unpaired) electrons. The van der Waals surface area contributed by atoms with Crippen LogP contribution in [-0.2, 0) is 32.8 Å². The first-order valence-corrected chi connectivity index (χ1v) is 13.8. The Bertz CT molecular complexity index is 633. The summed E-state index contributed by atoms with van der Waals surface area (Å²) in [5.41, 5.74) is 0.807. The first-order chi connectivity index (χ1) is 14.2. The van der Waals surface area contributed by atoms with Crippen LogP contribution in [0.3, 0.4) is 0 Å². The summed E-state index contributed by atoms with van der Waals surface area (Å²) in [6.07, 6.45) is -1.02. The van der Waals surface area contributed by atoms with Gasteiger partial charge in [0.1, 0.15) is 31.2 Å². The lowest BCUT2D eigenvalue weighted by Crippen LogP contribution is -2.70. The number of ether oxygens (including phenoxy) is 6. The number of hydrogen-bond acceptors (Lipinski definition) is 8. The minimum absolute atomic E-state index is 0.0599. The van der Waals surface area contributed by atoms with E-state index in [9.17, 15) is 5.11 Å². The van der Waals surface area contributed by atoms with Crippen molar-refractivity contribution in [2.45, 2.75) is 95.7 Å². The minimum atomic E-state index is -2.01. The Morgan fingerprint density at radius 2 is 1.61 bits per heavy atom. The molecule has 0 aromatic heterocycles. The zero-order valence-electron chi connectivity index (χ0n) is 20.8. The fourth-order valence-corrected chi connectivity index (χ4v) is 4.43. The zero-order valence-corrected chi connectivity index (χ0v) is 21.8. The number of aliphatic hydroxyl groups excluding tert-OH is 1. The zero-order chi connectivity index (χ0) is 23.7. The summed E-state index contributed by atoms with van der Waals surface area (Å²) in [7, 11) is 1.04. The predicted octanol–water partition coefficient (Wildman–Crippen LogP) is 3.20. The highest BCUT2D eigenvalue weighted by molar-refractivity contribution is 6.74. The molecule has 0 aromatic carbocycles. The molecular weight excluding hydrogens is 420 g/mol. The number of fused-ring (bicyclic) bond motifs is 1. The summed E-state index contributed by atoms with van der Waals surface area (Å²) in [4.78, 5) is 0. The summed E-state index contributed by atoms with van der Waals surface area (Å²) >= 11 is 0. The molecule has 1 heterocycles. The molecule has 1 fully saturated rings.